The molecule has 20 nitrogen and oxygen atoms in total. The SMILES string of the molecule is NOCC(=O)NCCCCNCCCC[C@@H]1NC(=O)[C@H](Cc2ccccc2)NC(=O)[C@H](CCCN=C(N)N)NC(=O)CNC(=O)[C@H](CC(=O)O)NC1=O. The molecule has 1 aliphatic heterocycles. The molecule has 1 saturated heterocycles. The van der Waals surface area contributed by atoms with Crippen LogP contribution in [0.15, 0.2) is 35.3 Å². The molecule has 0 spiro atoms. The van der Waals surface area contributed by atoms with Crippen LogP contribution in [0.3, 0.4) is 0 Å². The number of aliphatic carboxylic acids is 1. The van der Waals surface area contributed by atoms with E-state index in [0.29, 0.717) is 38.0 Å². The summed E-state index contributed by atoms with van der Waals surface area (Å²) in [6.07, 6.45) is 2.27. The first-order valence-corrected chi connectivity index (χ1v) is 17.5. The van der Waals surface area contributed by atoms with Crippen molar-refractivity contribution in [1.82, 2.24) is 37.2 Å². The van der Waals surface area contributed by atoms with Crippen molar-refractivity contribution in [1.29, 1.82) is 0 Å². The number of amides is 6. The van der Waals surface area contributed by atoms with E-state index in [0.717, 1.165) is 12.8 Å². The van der Waals surface area contributed by atoms with E-state index < -0.39 is 72.6 Å². The Bertz CT molecular complexity index is 1390. The molecular formula is C33H53N11O9. The highest BCUT2D eigenvalue weighted by Crippen LogP contribution is 2.09. The average Bonchev–Trinajstić information content (AvgIpc) is 3.11. The number of nitrogens with zero attached hydrogens (tertiary/aromatic N) is 1. The van der Waals surface area contributed by atoms with Crippen LogP contribution in [0.5, 0.6) is 0 Å². The summed E-state index contributed by atoms with van der Waals surface area (Å²) in [5.41, 5.74) is 11.5. The minimum absolute atomic E-state index is 0.0392. The Labute approximate surface area is 307 Å². The van der Waals surface area contributed by atoms with E-state index in [1.807, 2.05) is 0 Å². The lowest BCUT2D eigenvalue weighted by molar-refractivity contribution is -0.141. The van der Waals surface area contributed by atoms with Gasteiger partial charge in [0.05, 0.1) is 13.0 Å². The van der Waals surface area contributed by atoms with Gasteiger partial charge < -0.3 is 53.8 Å². The van der Waals surface area contributed by atoms with E-state index in [9.17, 15) is 38.7 Å². The highest BCUT2D eigenvalue weighted by atomic mass is 16.6. The first kappa shape index (κ1) is 43.8. The normalized spacial score (nSPS) is 20.0. The maximum absolute atomic E-state index is 13.9. The van der Waals surface area contributed by atoms with Gasteiger partial charge in [0.15, 0.2) is 5.96 Å². The second-order valence-corrected chi connectivity index (χ2v) is 12.4. The summed E-state index contributed by atoms with van der Waals surface area (Å²) in [4.78, 5) is 98.1. The van der Waals surface area contributed by atoms with E-state index >= 15 is 0 Å². The van der Waals surface area contributed by atoms with Gasteiger partial charge in [0.1, 0.15) is 30.8 Å². The third kappa shape index (κ3) is 18.6. The Morgan fingerprint density at radius 3 is 2.02 bits per heavy atom. The number of aliphatic imine (C=N–C) groups is 1. The summed E-state index contributed by atoms with van der Waals surface area (Å²) in [6, 6.07) is 3.73. The zero-order valence-corrected chi connectivity index (χ0v) is 29.7. The molecule has 0 bridgehead atoms. The summed E-state index contributed by atoms with van der Waals surface area (Å²) >= 11 is 0. The number of unbranched alkanes of at least 4 members (excludes halogenated alkanes) is 2. The van der Waals surface area contributed by atoms with Gasteiger partial charge in [-0.15, -0.1) is 0 Å². The zero-order chi connectivity index (χ0) is 39.0. The van der Waals surface area contributed by atoms with Gasteiger partial charge in [-0.25, -0.2) is 5.90 Å². The van der Waals surface area contributed by atoms with E-state index in [4.69, 9.17) is 17.4 Å². The number of carbonyl (C=O) groups is 7. The molecule has 0 aromatic heterocycles. The first-order valence-electron chi connectivity index (χ1n) is 17.5. The number of hydrogen-bond acceptors (Lipinski definition) is 11. The van der Waals surface area contributed by atoms with Crippen LogP contribution in [0.2, 0.25) is 0 Å². The molecule has 0 unspecified atom stereocenters. The number of guanidine groups is 1. The molecule has 4 atom stereocenters. The van der Waals surface area contributed by atoms with Crippen molar-refractivity contribution in [2.45, 2.75) is 82.0 Å². The van der Waals surface area contributed by atoms with E-state index in [-0.39, 0.29) is 50.7 Å². The number of carbonyl (C=O) groups excluding carboxylic acids is 6. The van der Waals surface area contributed by atoms with Crippen LogP contribution >= 0.6 is 0 Å². The van der Waals surface area contributed by atoms with Gasteiger partial charge in [-0.1, -0.05) is 30.3 Å². The molecule has 2 rings (SSSR count). The third-order valence-corrected chi connectivity index (χ3v) is 7.99. The summed E-state index contributed by atoms with van der Waals surface area (Å²) in [5, 5.41) is 28.1. The Morgan fingerprint density at radius 2 is 1.36 bits per heavy atom. The molecular weight excluding hydrogens is 694 g/mol. The molecule has 1 aromatic carbocycles. The van der Waals surface area contributed by atoms with Crippen LogP contribution in [-0.2, 0) is 44.8 Å². The number of carboxylic acid groups (broad SMARTS) is 1. The number of nitrogens with one attached hydrogen (secondary N) is 7. The summed E-state index contributed by atoms with van der Waals surface area (Å²) < 4.78 is 0. The van der Waals surface area contributed by atoms with Crippen LogP contribution in [0, 0.1) is 0 Å². The van der Waals surface area contributed by atoms with Gasteiger partial charge >= 0.3 is 5.97 Å². The van der Waals surface area contributed by atoms with E-state index in [2.05, 4.69) is 47.0 Å². The van der Waals surface area contributed by atoms with Crippen molar-refractivity contribution in [2.24, 2.45) is 22.4 Å². The second-order valence-electron chi connectivity index (χ2n) is 12.4. The number of carboxylic acids is 1. The number of benzene rings is 1. The minimum atomic E-state index is -1.57. The largest absolute Gasteiger partial charge is 0.481 e. The second kappa shape index (κ2) is 24.8. The lowest BCUT2D eigenvalue weighted by Gasteiger charge is -2.26. The molecule has 0 aliphatic carbocycles. The predicted molar refractivity (Wildman–Crippen MR) is 192 cm³/mol. The van der Waals surface area contributed by atoms with Gasteiger partial charge in [0.25, 0.3) is 0 Å². The van der Waals surface area contributed by atoms with Crippen molar-refractivity contribution in [3.05, 3.63) is 35.9 Å². The van der Waals surface area contributed by atoms with E-state index in [1.165, 1.54) is 0 Å². The molecule has 1 aliphatic rings. The molecule has 0 radical (unpaired) electrons. The fourth-order valence-electron chi connectivity index (χ4n) is 5.29. The van der Waals surface area contributed by atoms with Crippen LogP contribution in [0.4, 0.5) is 0 Å². The van der Waals surface area contributed by atoms with Gasteiger partial charge in [-0.05, 0) is 63.6 Å². The van der Waals surface area contributed by atoms with Crippen molar-refractivity contribution < 1.29 is 43.5 Å². The maximum Gasteiger partial charge on any atom is 0.305 e. The summed E-state index contributed by atoms with van der Waals surface area (Å²) in [7, 11) is 0. The van der Waals surface area contributed by atoms with Crippen molar-refractivity contribution >= 4 is 47.4 Å². The topological polar surface area (TPSA) is 324 Å². The zero-order valence-electron chi connectivity index (χ0n) is 29.7. The lowest BCUT2D eigenvalue weighted by atomic mass is 10.0. The number of nitrogens with two attached hydrogens (primary N) is 3. The Hall–Kier alpha value is -5.34. The van der Waals surface area contributed by atoms with Crippen LogP contribution in [0.25, 0.3) is 0 Å². The molecule has 6 amide bonds. The Balaban J connectivity index is 2.24. The Morgan fingerprint density at radius 1 is 0.774 bits per heavy atom. The molecule has 294 valence electrons. The summed E-state index contributed by atoms with van der Waals surface area (Å²) in [6.45, 7) is 1.04. The van der Waals surface area contributed by atoms with Crippen LogP contribution < -0.4 is 54.6 Å². The smallest absolute Gasteiger partial charge is 0.305 e. The molecule has 1 fully saturated rings. The Kier molecular flexibility index (Phi) is 20.5. The van der Waals surface area contributed by atoms with Gasteiger partial charge in [-0.2, -0.15) is 0 Å². The van der Waals surface area contributed by atoms with Gasteiger partial charge in [0, 0.05) is 19.5 Å². The molecule has 1 heterocycles. The van der Waals surface area contributed by atoms with Crippen molar-refractivity contribution in [3.8, 4) is 0 Å². The maximum atomic E-state index is 13.9. The molecule has 14 N–H and O–H groups in total. The number of rotatable bonds is 20. The fourth-order valence-corrected chi connectivity index (χ4v) is 5.29. The molecule has 53 heavy (non-hydrogen) atoms. The van der Waals surface area contributed by atoms with Crippen LogP contribution in [-0.4, -0.2) is 116 Å². The highest BCUT2D eigenvalue weighted by Gasteiger charge is 2.33. The third-order valence-electron chi connectivity index (χ3n) is 7.99. The van der Waals surface area contributed by atoms with Crippen molar-refractivity contribution in [3.63, 3.8) is 0 Å². The van der Waals surface area contributed by atoms with Crippen LogP contribution in [0.1, 0.15) is 56.9 Å². The van der Waals surface area contributed by atoms with Gasteiger partial charge in [-0.3, -0.25) is 43.4 Å². The van der Waals surface area contributed by atoms with Crippen molar-refractivity contribution in [2.75, 3.05) is 39.3 Å². The molecule has 0 saturated carbocycles. The fraction of sp³-hybridized carbons (Fsp3) is 0.576. The van der Waals surface area contributed by atoms with Gasteiger partial charge in [0.2, 0.25) is 35.4 Å². The molecule has 20 heteroatoms. The lowest BCUT2D eigenvalue weighted by Crippen LogP contribution is -2.58. The molecule has 1 aromatic rings. The standard InChI is InChI=1S/C33H53N11O9/c34-33(35)39-16-8-12-22-30(50)43-24(17-21-9-2-1-3-10-21)32(52)42-23(11-4-5-13-37-14-6-7-15-38-27(46)20-53-36)31(51)44-25(18-28(47)48)29(49)40-19-26(45)41-22/h1-3,9-10,22-25,37H,4-8,11-20,36H2,(H,38,46)(H,40,49)(H,41,45)(H,42,52)(H,43,50)(H,44,51)(H,47,48)(H4,34,35,39)/t22-,23-,24-,25-/m0/s1. The first-order chi connectivity index (χ1) is 25.4. The monoisotopic (exact) mass is 747 g/mol. The quantitative estimate of drug-likeness (QED) is 0.0266. The van der Waals surface area contributed by atoms with E-state index in [1.54, 1.807) is 30.3 Å². The minimum Gasteiger partial charge on any atom is -0.481 e. The highest BCUT2D eigenvalue weighted by molar-refractivity contribution is 5.98. The average molecular weight is 748 g/mol. The number of hydrogen-bond donors (Lipinski definition) is 11. The summed E-state index contributed by atoms with van der Waals surface area (Å²) in [5.74, 6) is -0.882. The predicted octanol–water partition coefficient (Wildman–Crippen LogP) is -3.63.